The number of para-hydroxylation sites is 4. The number of hydrogen-bond donors (Lipinski definition) is 0. The van der Waals surface area contributed by atoms with Gasteiger partial charge in [0.15, 0.2) is 0 Å². The molecule has 8 aromatic rings. The van der Waals surface area contributed by atoms with Gasteiger partial charge in [0.05, 0.1) is 0 Å². The second kappa shape index (κ2) is 17.3. The fraction of sp³-hybridized carbons (Fsp3) is 0.189. The van der Waals surface area contributed by atoms with Crippen LogP contribution in [0.1, 0.15) is 58.2 Å². The predicted molar refractivity (Wildman–Crippen MR) is 249 cm³/mol. The Labute approximate surface area is 409 Å². The van der Waals surface area contributed by atoms with Gasteiger partial charge in [-0.1, -0.05) is 93.9 Å². The molecule has 0 saturated heterocycles. The molecule has 2 aliphatic heterocycles. The topological polar surface area (TPSA) is 85.9 Å². The minimum Gasteiger partial charge on any atom is -0.504 e. The van der Waals surface area contributed by atoms with Gasteiger partial charge in [-0.3, -0.25) is 12.1 Å². The summed E-state index contributed by atoms with van der Waals surface area (Å²) in [6.07, 6.45) is 3.43. The summed E-state index contributed by atoms with van der Waals surface area (Å²) in [5.74, 6) is 0.883. The van der Waals surface area contributed by atoms with E-state index in [1.807, 2.05) is 67.2 Å². The molecule has 5 heterocycles. The number of benzene rings is 5. The van der Waals surface area contributed by atoms with Gasteiger partial charge < -0.3 is 33.6 Å². The van der Waals surface area contributed by atoms with Crippen molar-refractivity contribution >= 4 is 55.9 Å². The third-order valence-corrected chi connectivity index (χ3v) is 11.6. The van der Waals surface area contributed by atoms with Crippen LogP contribution in [-0.4, -0.2) is 28.6 Å². The molecule has 2 aliphatic rings. The monoisotopic (exact) mass is 1210 g/mol. The first-order chi connectivity index (χ1) is 30.2. The van der Waals surface area contributed by atoms with Gasteiger partial charge in [0.25, 0.3) is 0 Å². The Kier molecular flexibility index (Phi) is 12.1. The molecule has 0 fully saturated rings. The van der Waals surface area contributed by atoms with E-state index in [0.717, 1.165) is 67.1 Å². The van der Waals surface area contributed by atoms with E-state index < -0.39 is 0 Å². The van der Waals surface area contributed by atoms with Crippen molar-refractivity contribution in [3.63, 3.8) is 0 Å². The number of anilines is 6. The van der Waals surface area contributed by atoms with Gasteiger partial charge in [-0.05, 0) is 78.5 Å². The molecule has 10 rings (SSSR count). The Morgan fingerprint density at radius 2 is 0.985 bits per heavy atom. The number of rotatable bonds is 7. The van der Waals surface area contributed by atoms with Crippen molar-refractivity contribution in [3.05, 3.63) is 164 Å². The smallest absolute Gasteiger partial charge is 0.215 e. The number of pyridine rings is 2. The molecule has 65 heavy (non-hydrogen) atoms. The molecule has 0 atom stereocenters. The maximum Gasteiger partial charge on any atom is 0.215 e. The molecule has 334 valence electrons. The number of aromatic nitrogens is 3. The fourth-order valence-electron chi connectivity index (χ4n) is 8.17. The molecule has 0 radical (unpaired) electrons. The SMILES string of the molecule is CN1[CH-]N(c2[c-]c3c(cc2)c2ccc(N4[CH-]N(C)c5ccccc54)[c-]c2n3-c2[c-]c(Oc3cc(C(C)(C)C)ccn3)c(C#N)c(Oc3cc(C(C)(C)C)ccn3)[c-]2)c2ccccc21.[Pt].[Pt]. The molecule has 3 aromatic heterocycles. The second-order valence-electron chi connectivity index (χ2n) is 17.9. The van der Waals surface area contributed by atoms with Gasteiger partial charge in [0.2, 0.25) is 11.8 Å². The summed E-state index contributed by atoms with van der Waals surface area (Å²) < 4.78 is 15.2. The van der Waals surface area contributed by atoms with Crippen molar-refractivity contribution in [2.45, 2.75) is 52.4 Å². The van der Waals surface area contributed by atoms with Gasteiger partial charge in [-0.25, -0.2) is 15.2 Å². The van der Waals surface area contributed by atoms with Crippen molar-refractivity contribution in [1.29, 1.82) is 5.26 Å². The van der Waals surface area contributed by atoms with Crippen molar-refractivity contribution in [3.8, 4) is 35.0 Å². The maximum absolute atomic E-state index is 10.9. The molecular formula is C53H44N8O2Pt2-6. The van der Waals surface area contributed by atoms with Crippen LogP contribution < -0.4 is 29.1 Å². The van der Waals surface area contributed by atoms with E-state index >= 15 is 0 Å². The summed E-state index contributed by atoms with van der Waals surface area (Å²) in [6.45, 7) is 16.9. The third kappa shape index (κ3) is 8.26. The van der Waals surface area contributed by atoms with Crippen LogP contribution in [0.25, 0.3) is 27.5 Å². The number of ether oxygens (including phenoxy) is 2. The van der Waals surface area contributed by atoms with Crippen LogP contribution in [0.15, 0.2) is 109 Å². The fourth-order valence-corrected chi connectivity index (χ4v) is 8.17. The summed E-state index contributed by atoms with van der Waals surface area (Å²) >= 11 is 0. The zero-order valence-electron chi connectivity index (χ0n) is 37.1. The van der Waals surface area contributed by atoms with Gasteiger partial charge >= 0.3 is 0 Å². The van der Waals surface area contributed by atoms with Crippen LogP contribution in [0.3, 0.4) is 0 Å². The molecule has 10 nitrogen and oxygen atoms in total. The van der Waals surface area contributed by atoms with E-state index in [4.69, 9.17) is 9.47 Å². The van der Waals surface area contributed by atoms with Crippen LogP contribution in [0.2, 0.25) is 0 Å². The number of fused-ring (bicyclic) bond motifs is 5. The molecule has 0 aliphatic carbocycles. The number of nitriles is 1. The van der Waals surface area contributed by atoms with E-state index in [1.54, 1.807) is 12.4 Å². The first-order valence-electron chi connectivity index (χ1n) is 20.8. The molecular weight excluding hydrogens is 1170 g/mol. The Bertz CT molecular complexity index is 2950. The molecule has 0 N–H and O–H groups in total. The van der Waals surface area contributed by atoms with Crippen molar-refractivity contribution in [2.75, 3.05) is 33.7 Å². The first-order valence-corrected chi connectivity index (χ1v) is 20.8. The summed E-state index contributed by atoms with van der Waals surface area (Å²) in [6, 6.07) is 49.5. The van der Waals surface area contributed by atoms with Crippen molar-refractivity contribution in [2.24, 2.45) is 0 Å². The number of nitrogens with zero attached hydrogens (tertiary/aromatic N) is 8. The van der Waals surface area contributed by atoms with Gasteiger partial charge in [-0.2, -0.15) is 54.1 Å². The summed E-state index contributed by atoms with van der Waals surface area (Å²) in [5.41, 5.74) is 9.62. The minimum absolute atomic E-state index is 0. The Hall–Kier alpha value is -6.13. The first kappa shape index (κ1) is 45.4. The van der Waals surface area contributed by atoms with Crippen LogP contribution in [0.4, 0.5) is 34.1 Å². The third-order valence-electron chi connectivity index (χ3n) is 11.6. The van der Waals surface area contributed by atoms with E-state index in [2.05, 4.69) is 163 Å². The predicted octanol–water partition coefficient (Wildman–Crippen LogP) is 12.2. The Balaban J connectivity index is 0.00000288. The quantitative estimate of drug-likeness (QED) is 0.145. The molecule has 0 spiro atoms. The van der Waals surface area contributed by atoms with E-state index in [1.165, 1.54) is 0 Å². The van der Waals surface area contributed by atoms with Crippen molar-refractivity contribution < 1.29 is 51.6 Å². The average Bonchev–Trinajstić information content (AvgIpc) is 3.91. The van der Waals surface area contributed by atoms with Gasteiger partial charge in [0, 0.05) is 89.4 Å². The van der Waals surface area contributed by atoms with Crippen LogP contribution in [-0.2, 0) is 53.0 Å². The molecule has 0 saturated carbocycles. The minimum atomic E-state index is -0.176. The zero-order chi connectivity index (χ0) is 43.8. The van der Waals surface area contributed by atoms with Gasteiger partial charge in [-0.15, -0.1) is 23.5 Å². The van der Waals surface area contributed by atoms with Crippen molar-refractivity contribution in [1.82, 2.24) is 14.5 Å². The van der Waals surface area contributed by atoms with E-state index in [-0.39, 0.29) is 70.0 Å². The van der Waals surface area contributed by atoms with Crippen LogP contribution in [0, 0.1) is 48.9 Å². The second-order valence-corrected chi connectivity index (χ2v) is 17.9. The van der Waals surface area contributed by atoms with Crippen LogP contribution >= 0.6 is 0 Å². The summed E-state index contributed by atoms with van der Waals surface area (Å²) in [5, 5.41) is 12.8. The Morgan fingerprint density at radius 3 is 1.38 bits per heavy atom. The van der Waals surface area contributed by atoms with Gasteiger partial charge in [0.1, 0.15) is 0 Å². The molecule has 0 bridgehead atoms. The summed E-state index contributed by atoms with van der Waals surface area (Å²) in [4.78, 5) is 17.6. The largest absolute Gasteiger partial charge is 0.504 e. The number of hydrogen-bond acceptors (Lipinski definition) is 9. The van der Waals surface area contributed by atoms with E-state index in [9.17, 15) is 5.26 Å². The molecule has 12 heteroatoms. The van der Waals surface area contributed by atoms with E-state index in [0.29, 0.717) is 17.4 Å². The van der Waals surface area contributed by atoms with Crippen LogP contribution in [0.5, 0.6) is 23.3 Å². The maximum atomic E-state index is 10.9. The molecule has 0 unspecified atom stereocenters. The average molecular weight is 1220 g/mol. The summed E-state index contributed by atoms with van der Waals surface area (Å²) in [7, 11) is 4.08. The standard InChI is InChI=1S/C53H44N8O2.2Pt/c1-52(2,3)34-21-23-55-50(25-34)62-48-29-38(30-49(41(48)31-54)63-51-26-35(22-24-56-51)53(4,5)6)61-46-27-36(59-32-57(7)42-13-9-11-15-44(42)59)17-19-39(46)40-20-18-37(28-47(40)61)60-33-58(8)43-14-10-12-16-45(43)60;;/h9-26,32-33H,1-8H3;;/q-6;;. The Morgan fingerprint density at radius 1 is 0.569 bits per heavy atom. The normalized spacial score (nSPS) is 13.3. The molecule has 0 amide bonds. The molecule has 5 aromatic carbocycles. The zero-order valence-corrected chi connectivity index (χ0v) is 41.6.